The fourth-order valence-corrected chi connectivity index (χ4v) is 6.36. The van der Waals surface area contributed by atoms with Crippen LogP contribution in [0.15, 0.2) is 36.4 Å². The van der Waals surface area contributed by atoms with Crippen LogP contribution in [0.4, 0.5) is 31.8 Å². The van der Waals surface area contributed by atoms with E-state index in [4.69, 9.17) is 0 Å². The number of nitro groups is 1. The normalized spacial score (nSPS) is 19.5. The van der Waals surface area contributed by atoms with Crippen LogP contribution in [0.3, 0.4) is 0 Å². The Morgan fingerprint density at radius 1 is 1.09 bits per heavy atom. The van der Waals surface area contributed by atoms with Crippen molar-refractivity contribution >= 4 is 37.0 Å². The maximum atomic E-state index is 13.5. The summed E-state index contributed by atoms with van der Waals surface area (Å²) in [5.41, 5.74) is 0.832. The number of carbonyl (C=O) groups is 1. The Hall–Kier alpha value is -3.08. The predicted octanol–water partition coefficient (Wildman–Crippen LogP) is 5.01. The molecule has 2 fully saturated rings. The number of hydrogen-bond donors (Lipinski definition) is 1. The summed E-state index contributed by atoms with van der Waals surface area (Å²) in [6.45, 7) is 6.56. The molecule has 0 unspecified atom stereocenters. The second-order valence-corrected chi connectivity index (χ2v) is 15.1. The number of alkyl halides is 2. The molecule has 34 heavy (non-hydrogen) atoms. The SMILES string of the molecule is C[Si]1(C)CCN(c2cc([N+](=O)[O-])ccc2C(=O)Nc2cccc(N3CCC(F)(F)CC3)n2)CC1. The number of rotatable bonds is 5. The molecule has 0 atom stereocenters. The first kappa shape index (κ1) is 24.1. The van der Waals surface area contributed by atoms with Crippen molar-refractivity contribution in [2.45, 2.75) is 43.9 Å². The van der Waals surface area contributed by atoms with E-state index in [1.165, 1.54) is 18.2 Å². The number of non-ortho nitro benzene ring substituents is 1. The molecular weight excluding hydrogens is 460 g/mol. The van der Waals surface area contributed by atoms with E-state index in [9.17, 15) is 23.7 Å². The fraction of sp³-hybridized carbons (Fsp3) is 0.478. The number of anilines is 3. The highest BCUT2D eigenvalue weighted by Crippen LogP contribution is 2.33. The molecule has 0 bridgehead atoms. The molecule has 0 saturated carbocycles. The predicted molar refractivity (Wildman–Crippen MR) is 131 cm³/mol. The number of pyridine rings is 1. The molecule has 2 aliphatic heterocycles. The minimum atomic E-state index is -2.65. The fourth-order valence-electron chi connectivity index (χ4n) is 4.36. The lowest BCUT2D eigenvalue weighted by Gasteiger charge is -2.37. The lowest BCUT2D eigenvalue weighted by atomic mass is 10.1. The molecule has 1 amide bonds. The van der Waals surface area contributed by atoms with E-state index < -0.39 is 24.8 Å². The number of amides is 1. The number of carbonyl (C=O) groups excluding carboxylic acids is 1. The summed E-state index contributed by atoms with van der Waals surface area (Å²) >= 11 is 0. The number of hydrogen-bond acceptors (Lipinski definition) is 6. The summed E-state index contributed by atoms with van der Waals surface area (Å²) in [7, 11) is -1.28. The lowest BCUT2D eigenvalue weighted by molar-refractivity contribution is -0.384. The van der Waals surface area contributed by atoms with Crippen LogP contribution in [0.5, 0.6) is 0 Å². The second-order valence-electron chi connectivity index (χ2n) is 9.79. The van der Waals surface area contributed by atoms with Gasteiger partial charge >= 0.3 is 0 Å². The van der Waals surface area contributed by atoms with Gasteiger partial charge in [-0.25, -0.2) is 13.8 Å². The number of halogens is 2. The van der Waals surface area contributed by atoms with Crippen LogP contribution in [0, 0.1) is 10.1 Å². The van der Waals surface area contributed by atoms with Gasteiger partial charge in [-0.3, -0.25) is 14.9 Å². The molecule has 2 saturated heterocycles. The maximum Gasteiger partial charge on any atom is 0.271 e. The molecule has 1 N–H and O–H groups in total. The van der Waals surface area contributed by atoms with Crippen LogP contribution in [0.2, 0.25) is 25.2 Å². The number of aromatic nitrogens is 1. The number of nitrogens with one attached hydrogen (secondary N) is 1. The van der Waals surface area contributed by atoms with Crippen molar-refractivity contribution in [3.63, 3.8) is 0 Å². The van der Waals surface area contributed by atoms with Gasteiger partial charge in [0, 0.05) is 51.2 Å². The summed E-state index contributed by atoms with van der Waals surface area (Å²) in [6.07, 6.45) is -0.458. The molecule has 0 aliphatic carbocycles. The average molecular weight is 490 g/mol. The third-order valence-electron chi connectivity index (χ3n) is 6.69. The minimum absolute atomic E-state index is 0.0596. The Labute approximate surface area is 198 Å². The van der Waals surface area contributed by atoms with Gasteiger partial charge in [-0.05, 0) is 30.3 Å². The third kappa shape index (κ3) is 5.52. The summed E-state index contributed by atoms with van der Waals surface area (Å²) in [5.74, 6) is -2.24. The zero-order valence-corrected chi connectivity index (χ0v) is 20.4. The monoisotopic (exact) mass is 489 g/mol. The highest BCUT2D eigenvalue weighted by atomic mass is 28.3. The Balaban J connectivity index is 1.55. The molecule has 11 heteroatoms. The van der Waals surface area contributed by atoms with Crippen molar-refractivity contribution < 1.29 is 18.5 Å². The number of nitro benzene ring substituents is 1. The van der Waals surface area contributed by atoms with Crippen LogP contribution < -0.4 is 15.1 Å². The van der Waals surface area contributed by atoms with Gasteiger partial charge in [-0.15, -0.1) is 0 Å². The smallest absolute Gasteiger partial charge is 0.271 e. The summed E-state index contributed by atoms with van der Waals surface area (Å²) < 4.78 is 27.0. The van der Waals surface area contributed by atoms with Crippen LogP contribution in [-0.4, -0.2) is 56.0 Å². The van der Waals surface area contributed by atoms with E-state index in [2.05, 4.69) is 28.3 Å². The number of piperidine rings is 1. The minimum Gasteiger partial charge on any atom is -0.371 e. The average Bonchev–Trinajstić information content (AvgIpc) is 2.79. The van der Waals surface area contributed by atoms with Gasteiger partial charge in [0.15, 0.2) is 0 Å². The van der Waals surface area contributed by atoms with Gasteiger partial charge in [0.05, 0.1) is 24.2 Å². The largest absolute Gasteiger partial charge is 0.371 e. The quantitative estimate of drug-likeness (QED) is 0.361. The van der Waals surface area contributed by atoms with E-state index in [1.54, 1.807) is 23.1 Å². The summed E-state index contributed by atoms with van der Waals surface area (Å²) in [6, 6.07) is 11.5. The van der Waals surface area contributed by atoms with Crippen molar-refractivity contribution in [1.29, 1.82) is 0 Å². The van der Waals surface area contributed by atoms with Crippen molar-refractivity contribution in [2.24, 2.45) is 0 Å². The maximum absolute atomic E-state index is 13.5. The highest BCUT2D eigenvalue weighted by molar-refractivity contribution is 6.77. The molecule has 3 heterocycles. The lowest BCUT2D eigenvalue weighted by Crippen LogP contribution is -2.43. The highest BCUT2D eigenvalue weighted by Gasteiger charge is 2.34. The van der Waals surface area contributed by atoms with Crippen LogP contribution in [0.1, 0.15) is 23.2 Å². The van der Waals surface area contributed by atoms with Crippen molar-refractivity contribution in [3.05, 3.63) is 52.1 Å². The molecule has 0 spiro atoms. The Bertz CT molecular complexity index is 1080. The third-order valence-corrected chi connectivity index (χ3v) is 9.84. The topological polar surface area (TPSA) is 91.6 Å². The van der Waals surface area contributed by atoms with Gasteiger partial charge in [0.2, 0.25) is 0 Å². The zero-order valence-electron chi connectivity index (χ0n) is 19.4. The molecule has 1 aromatic carbocycles. The molecule has 1 aromatic heterocycles. The molecule has 0 radical (unpaired) electrons. The molecule has 182 valence electrons. The summed E-state index contributed by atoms with van der Waals surface area (Å²) in [4.78, 5) is 32.4. The second kappa shape index (κ2) is 9.28. The first-order valence-electron chi connectivity index (χ1n) is 11.5. The van der Waals surface area contributed by atoms with Gasteiger partial charge in [0.25, 0.3) is 17.5 Å². The van der Waals surface area contributed by atoms with E-state index in [1.807, 2.05) is 0 Å². The molecule has 8 nitrogen and oxygen atoms in total. The standard InChI is InChI=1S/C23H29F2N5O3Si/c1-34(2)14-12-28(13-15-34)19-16-17(30(32)33)6-7-18(19)22(31)27-20-4-3-5-21(26-20)29-10-8-23(24,25)9-11-29/h3-7,16H,8-15H2,1-2H3,(H,26,27,31). The van der Waals surface area contributed by atoms with E-state index in [0.29, 0.717) is 22.9 Å². The Morgan fingerprint density at radius 2 is 1.76 bits per heavy atom. The van der Waals surface area contributed by atoms with E-state index >= 15 is 0 Å². The van der Waals surface area contributed by atoms with Crippen LogP contribution >= 0.6 is 0 Å². The first-order valence-corrected chi connectivity index (χ1v) is 14.9. The van der Waals surface area contributed by atoms with Crippen molar-refractivity contribution in [3.8, 4) is 0 Å². The molecule has 2 aliphatic rings. The van der Waals surface area contributed by atoms with Gasteiger partial charge in [-0.1, -0.05) is 19.2 Å². The van der Waals surface area contributed by atoms with Crippen LogP contribution in [0.25, 0.3) is 0 Å². The van der Waals surface area contributed by atoms with E-state index in [-0.39, 0.29) is 31.6 Å². The molecule has 4 rings (SSSR count). The number of nitrogens with zero attached hydrogens (tertiary/aromatic N) is 4. The Kier molecular flexibility index (Phi) is 6.57. The van der Waals surface area contributed by atoms with Gasteiger partial charge in [-0.2, -0.15) is 0 Å². The van der Waals surface area contributed by atoms with Crippen LogP contribution in [-0.2, 0) is 0 Å². The molecule has 2 aromatic rings. The number of benzene rings is 1. The molecular formula is C23H29F2N5O3Si. The Morgan fingerprint density at radius 3 is 2.41 bits per heavy atom. The van der Waals surface area contributed by atoms with Crippen molar-refractivity contribution in [2.75, 3.05) is 41.3 Å². The first-order chi connectivity index (χ1) is 16.0. The van der Waals surface area contributed by atoms with Gasteiger partial charge in [0.1, 0.15) is 11.6 Å². The summed E-state index contributed by atoms with van der Waals surface area (Å²) in [5, 5.41) is 14.2. The zero-order chi connectivity index (χ0) is 24.5. The van der Waals surface area contributed by atoms with Crippen molar-refractivity contribution in [1.82, 2.24) is 4.98 Å². The van der Waals surface area contributed by atoms with Gasteiger partial charge < -0.3 is 15.1 Å². The van der Waals surface area contributed by atoms with E-state index in [0.717, 1.165) is 25.2 Å².